The van der Waals surface area contributed by atoms with E-state index in [-0.39, 0.29) is 5.91 Å². The number of rotatable bonds is 4. The largest absolute Gasteiger partial charge is 0.497 e. The SMILES string of the molecule is CCc1occc1C(=O)Nc1ccc(OC)cc1N. The van der Waals surface area contributed by atoms with Crippen LogP contribution in [-0.2, 0) is 6.42 Å². The molecule has 0 unspecified atom stereocenters. The molecule has 0 bridgehead atoms. The fourth-order valence-corrected chi connectivity index (χ4v) is 1.79. The third-order valence-electron chi connectivity index (χ3n) is 2.82. The summed E-state index contributed by atoms with van der Waals surface area (Å²) >= 11 is 0. The molecule has 2 aromatic rings. The van der Waals surface area contributed by atoms with E-state index in [2.05, 4.69) is 5.32 Å². The summed E-state index contributed by atoms with van der Waals surface area (Å²) in [4.78, 5) is 12.1. The van der Waals surface area contributed by atoms with E-state index in [1.165, 1.54) is 6.26 Å². The van der Waals surface area contributed by atoms with Crippen molar-refractivity contribution < 1.29 is 13.9 Å². The summed E-state index contributed by atoms with van der Waals surface area (Å²) in [6.07, 6.45) is 2.17. The molecule has 19 heavy (non-hydrogen) atoms. The molecule has 0 aliphatic heterocycles. The van der Waals surface area contributed by atoms with E-state index >= 15 is 0 Å². The first-order chi connectivity index (χ1) is 9.15. The van der Waals surface area contributed by atoms with E-state index in [1.54, 1.807) is 31.4 Å². The van der Waals surface area contributed by atoms with Crippen molar-refractivity contribution in [3.05, 3.63) is 41.9 Å². The quantitative estimate of drug-likeness (QED) is 0.828. The van der Waals surface area contributed by atoms with Gasteiger partial charge in [-0.05, 0) is 18.2 Å². The molecule has 0 aliphatic carbocycles. The van der Waals surface area contributed by atoms with Crippen molar-refractivity contribution in [2.24, 2.45) is 0 Å². The van der Waals surface area contributed by atoms with Crippen LogP contribution in [0.3, 0.4) is 0 Å². The summed E-state index contributed by atoms with van der Waals surface area (Å²) in [6.45, 7) is 1.93. The average molecular weight is 260 g/mol. The maximum atomic E-state index is 12.1. The monoisotopic (exact) mass is 260 g/mol. The highest BCUT2D eigenvalue weighted by atomic mass is 16.5. The van der Waals surface area contributed by atoms with E-state index in [0.29, 0.717) is 34.9 Å². The lowest BCUT2D eigenvalue weighted by atomic mass is 10.2. The Morgan fingerprint density at radius 3 is 2.84 bits per heavy atom. The lowest BCUT2D eigenvalue weighted by Gasteiger charge is -2.09. The summed E-state index contributed by atoms with van der Waals surface area (Å²) < 4.78 is 10.3. The summed E-state index contributed by atoms with van der Waals surface area (Å²) in [6, 6.07) is 6.75. The fraction of sp³-hybridized carbons (Fsp3) is 0.214. The molecule has 1 aromatic heterocycles. The number of carbonyl (C=O) groups is 1. The molecule has 0 atom stereocenters. The number of anilines is 2. The number of aryl methyl sites for hydroxylation is 1. The Balaban J connectivity index is 2.19. The molecule has 0 saturated carbocycles. The Bertz CT molecular complexity index is 590. The Kier molecular flexibility index (Phi) is 3.75. The third kappa shape index (κ3) is 2.70. The van der Waals surface area contributed by atoms with Crippen molar-refractivity contribution in [1.29, 1.82) is 0 Å². The first-order valence-electron chi connectivity index (χ1n) is 5.97. The second-order valence-corrected chi connectivity index (χ2v) is 4.02. The minimum absolute atomic E-state index is 0.234. The van der Waals surface area contributed by atoms with Crippen LogP contribution >= 0.6 is 0 Å². The number of nitrogen functional groups attached to an aromatic ring is 1. The van der Waals surface area contributed by atoms with Gasteiger partial charge < -0.3 is 20.2 Å². The van der Waals surface area contributed by atoms with Crippen molar-refractivity contribution >= 4 is 17.3 Å². The predicted octanol–water partition coefficient (Wildman–Crippen LogP) is 2.69. The number of hydrogen-bond donors (Lipinski definition) is 2. The van der Waals surface area contributed by atoms with Crippen LogP contribution in [0.5, 0.6) is 5.75 Å². The Morgan fingerprint density at radius 1 is 1.42 bits per heavy atom. The number of benzene rings is 1. The van der Waals surface area contributed by atoms with Gasteiger partial charge in [0.25, 0.3) is 5.91 Å². The highest BCUT2D eigenvalue weighted by Gasteiger charge is 2.14. The molecule has 1 aromatic carbocycles. The zero-order valence-corrected chi connectivity index (χ0v) is 10.9. The van der Waals surface area contributed by atoms with Gasteiger partial charge in [-0.1, -0.05) is 6.92 Å². The molecule has 5 heteroatoms. The predicted molar refractivity (Wildman–Crippen MR) is 73.4 cm³/mol. The van der Waals surface area contributed by atoms with Gasteiger partial charge in [0.1, 0.15) is 11.5 Å². The highest BCUT2D eigenvalue weighted by Crippen LogP contribution is 2.25. The molecular weight excluding hydrogens is 244 g/mol. The number of nitrogens with two attached hydrogens (primary N) is 1. The van der Waals surface area contributed by atoms with Crippen LogP contribution in [0, 0.1) is 0 Å². The minimum Gasteiger partial charge on any atom is -0.497 e. The maximum absolute atomic E-state index is 12.1. The lowest BCUT2D eigenvalue weighted by molar-refractivity contribution is 0.102. The number of hydrogen-bond acceptors (Lipinski definition) is 4. The highest BCUT2D eigenvalue weighted by molar-refractivity contribution is 6.06. The summed E-state index contributed by atoms with van der Waals surface area (Å²) in [5, 5.41) is 2.76. The second kappa shape index (κ2) is 5.48. The molecular formula is C14H16N2O3. The minimum atomic E-state index is -0.234. The Labute approximate surface area is 111 Å². The van der Waals surface area contributed by atoms with Gasteiger partial charge in [-0.3, -0.25) is 4.79 Å². The normalized spacial score (nSPS) is 10.2. The van der Waals surface area contributed by atoms with Crippen molar-refractivity contribution in [3.63, 3.8) is 0 Å². The van der Waals surface area contributed by atoms with E-state index in [9.17, 15) is 4.79 Å². The molecule has 2 rings (SSSR count). The first kappa shape index (κ1) is 13.0. The zero-order valence-electron chi connectivity index (χ0n) is 10.9. The molecule has 0 radical (unpaired) electrons. The third-order valence-corrected chi connectivity index (χ3v) is 2.82. The maximum Gasteiger partial charge on any atom is 0.259 e. The molecule has 5 nitrogen and oxygen atoms in total. The average Bonchev–Trinajstić information content (AvgIpc) is 2.89. The topological polar surface area (TPSA) is 77.5 Å². The van der Waals surface area contributed by atoms with Crippen LogP contribution in [0.2, 0.25) is 0 Å². The molecule has 0 fully saturated rings. The fourth-order valence-electron chi connectivity index (χ4n) is 1.79. The van der Waals surface area contributed by atoms with Gasteiger partial charge in [0.05, 0.1) is 30.3 Å². The number of carbonyl (C=O) groups excluding carboxylic acids is 1. The number of furan rings is 1. The van der Waals surface area contributed by atoms with Gasteiger partial charge in [0, 0.05) is 12.5 Å². The van der Waals surface area contributed by atoms with Gasteiger partial charge in [-0.2, -0.15) is 0 Å². The van der Waals surface area contributed by atoms with Gasteiger partial charge in [0.2, 0.25) is 0 Å². The van der Waals surface area contributed by atoms with Gasteiger partial charge in [0.15, 0.2) is 0 Å². The molecule has 0 aliphatic rings. The van der Waals surface area contributed by atoms with Crippen LogP contribution in [0.15, 0.2) is 34.9 Å². The van der Waals surface area contributed by atoms with Crippen molar-refractivity contribution in [2.75, 3.05) is 18.2 Å². The number of methoxy groups -OCH3 is 1. The van der Waals surface area contributed by atoms with Crippen LogP contribution in [-0.4, -0.2) is 13.0 Å². The molecule has 1 heterocycles. The van der Waals surface area contributed by atoms with Gasteiger partial charge >= 0.3 is 0 Å². The molecule has 1 amide bonds. The molecule has 0 saturated heterocycles. The number of ether oxygens (including phenoxy) is 1. The van der Waals surface area contributed by atoms with Gasteiger partial charge in [-0.25, -0.2) is 0 Å². The van der Waals surface area contributed by atoms with Crippen LogP contribution in [0.25, 0.3) is 0 Å². The lowest BCUT2D eigenvalue weighted by Crippen LogP contribution is -2.14. The van der Waals surface area contributed by atoms with Crippen LogP contribution < -0.4 is 15.8 Å². The van der Waals surface area contributed by atoms with E-state index in [4.69, 9.17) is 14.9 Å². The van der Waals surface area contributed by atoms with Crippen molar-refractivity contribution in [1.82, 2.24) is 0 Å². The van der Waals surface area contributed by atoms with E-state index < -0.39 is 0 Å². The molecule has 100 valence electrons. The molecule has 0 spiro atoms. The molecule has 3 N–H and O–H groups in total. The number of amides is 1. The smallest absolute Gasteiger partial charge is 0.259 e. The summed E-state index contributed by atoms with van der Waals surface area (Å²) in [5.41, 5.74) is 7.38. The van der Waals surface area contributed by atoms with Crippen molar-refractivity contribution in [3.8, 4) is 5.75 Å². The second-order valence-electron chi connectivity index (χ2n) is 4.02. The van der Waals surface area contributed by atoms with E-state index in [1.807, 2.05) is 6.92 Å². The van der Waals surface area contributed by atoms with Crippen molar-refractivity contribution in [2.45, 2.75) is 13.3 Å². The Hall–Kier alpha value is -2.43. The summed E-state index contributed by atoms with van der Waals surface area (Å²) in [5.74, 6) is 1.07. The first-order valence-corrected chi connectivity index (χ1v) is 5.97. The zero-order chi connectivity index (χ0) is 13.8. The van der Waals surface area contributed by atoms with Crippen LogP contribution in [0.1, 0.15) is 23.0 Å². The number of nitrogens with one attached hydrogen (secondary N) is 1. The Morgan fingerprint density at radius 2 is 2.21 bits per heavy atom. The summed E-state index contributed by atoms with van der Waals surface area (Å²) in [7, 11) is 1.56. The van der Waals surface area contributed by atoms with Gasteiger partial charge in [-0.15, -0.1) is 0 Å². The van der Waals surface area contributed by atoms with E-state index in [0.717, 1.165) is 0 Å². The van der Waals surface area contributed by atoms with Crippen LogP contribution in [0.4, 0.5) is 11.4 Å². The standard InChI is InChI=1S/C14H16N2O3/c1-3-13-10(6-7-19-13)14(17)16-12-5-4-9(18-2)8-11(12)15/h4-8H,3,15H2,1-2H3,(H,16,17).